The summed E-state index contributed by atoms with van der Waals surface area (Å²) in [6.45, 7) is 1.73. The second kappa shape index (κ2) is 7.74. The topological polar surface area (TPSA) is 105 Å². The van der Waals surface area contributed by atoms with Gasteiger partial charge in [0.15, 0.2) is 0 Å². The Morgan fingerprint density at radius 2 is 2.00 bits per heavy atom. The third-order valence-electron chi connectivity index (χ3n) is 6.16. The van der Waals surface area contributed by atoms with E-state index in [1.807, 2.05) is 12.1 Å². The standard InChI is InChI=1S/C22H19F3N6O2/c23-22(24,25)18-16-14(5-8-28-19(16)29-20(32)33-18)17-13-3-1-2-4-15(13)31(30-17)12-21(11-26)6-9-27-10-7-21/h1-5,8,18,27H,6-7,9-10,12H2,(H,28,29,32)/t18-/m1/s1. The first-order chi connectivity index (χ1) is 15.8. The molecule has 0 bridgehead atoms. The first-order valence-electron chi connectivity index (χ1n) is 10.4. The van der Waals surface area contributed by atoms with Crippen LogP contribution in [0.3, 0.4) is 0 Å². The van der Waals surface area contributed by atoms with Gasteiger partial charge in [-0.25, -0.2) is 9.78 Å². The van der Waals surface area contributed by atoms with Crippen LogP contribution >= 0.6 is 0 Å². The number of fused-ring (bicyclic) bond motifs is 2. The molecule has 2 N–H and O–H groups in total. The van der Waals surface area contributed by atoms with Crippen LogP contribution < -0.4 is 10.6 Å². The number of pyridine rings is 1. The second-order valence-corrected chi connectivity index (χ2v) is 8.24. The molecule has 0 radical (unpaired) electrons. The summed E-state index contributed by atoms with van der Waals surface area (Å²) in [5.41, 5.74) is 0.252. The first kappa shape index (κ1) is 21.2. The summed E-state index contributed by atoms with van der Waals surface area (Å²) < 4.78 is 47.7. The lowest BCUT2D eigenvalue weighted by Crippen LogP contribution is -2.38. The maximum atomic E-state index is 13.8. The van der Waals surface area contributed by atoms with E-state index in [0.29, 0.717) is 49.1 Å². The molecule has 2 aliphatic heterocycles. The molecule has 0 spiro atoms. The van der Waals surface area contributed by atoms with Gasteiger partial charge in [-0.15, -0.1) is 0 Å². The van der Waals surface area contributed by atoms with Gasteiger partial charge in [0.1, 0.15) is 11.5 Å². The highest BCUT2D eigenvalue weighted by atomic mass is 19.4. The molecule has 170 valence electrons. The molecule has 0 unspecified atom stereocenters. The average Bonchev–Trinajstić information content (AvgIpc) is 3.16. The van der Waals surface area contributed by atoms with E-state index in [-0.39, 0.29) is 16.9 Å². The average molecular weight is 456 g/mol. The zero-order valence-corrected chi connectivity index (χ0v) is 17.3. The second-order valence-electron chi connectivity index (χ2n) is 8.24. The third-order valence-corrected chi connectivity index (χ3v) is 6.16. The normalized spacial score (nSPS) is 19.9. The number of amides is 1. The van der Waals surface area contributed by atoms with E-state index in [4.69, 9.17) is 0 Å². The number of carbonyl (C=O) groups excluding carboxylic acids is 1. The number of nitriles is 1. The van der Waals surface area contributed by atoms with Crippen molar-refractivity contribution in [2.24, 2.45) is 5.41 Å². The third kappa shape index (κ3) is 3.66. The van der Waals surface area contributed by atoms with Crippen molar-refractivity contribution in [3.63, 3.8) is 0 Å². The summed E-state index contributed by atoms with van der Waals surface area (Å²) in [7, 11) is 0. The number of aromatic nitrogens is 3. The predicted octanol–water partition coefficient (Wildman–Crippen LogP) is 4.16. The number of para-hydroxylation sites is 1. The van der Waals surface area contributed by atoms with Gasteiger partial charge >= 0.3 is 12.3 Å². The molecule has 1 amide bonds. The molecule has 1 aromatic carbocycles. The van der Waals surface area contributed by atoms with Crippen LogP contribution in [-0.4, -0.2) is 40.1 Å². The molecule has 2 aromatic heterocycles. The Labute approximate surface area is 186 Å². The van der Waals surface area contributed by atoms with Gasteiger partial charge in [0.2, 0.25) is 6.10 Å². The van der Waals surface area contributed by atoms with Crippen LogP contribution in [0.25, 0.3) is 22.2 Å². The summed E-state index contributed by atoms with van der Waals surface area (Å²) in [4.78, 5) is 15.6. The van der Waals surface area contributed by atoms with Crippen LogP contribution in [-0.2, 0) is 11.3 Å². The van der Waals surface area contributed by atoms with E-state index in [0.717, 1.165) is 0 Å². The van der Waals surface area contributed by atoms with Crippen LogP contribution in [0, 0.1) is 16.7 Å². The number of anilines is 1. The van der Waals surface area contributed by atoms with Crippen molar-refractivity contribution in [2.75, 3.05) is 18.4 Å². The van der Waals surface area contributed by atoms with E-state index >= 15 is 0 Å². The number of benzene rings is 1. The van der Waals surface area contributed by atoms with Gasteiger partial charge in [-0.3, -0.25) is 10.00 Å². The Morgan fingerprint density at radius 1 is 1.24 bits per heavy atom. The van der Waals surface area contributed by atoms with Gasteiger partial charge in [0, 0.05) is 17.1 Å². The van der Waals surface area contributed by atoms with Crippen molar-refractivity contribution >= 4 is 22.8 Å². The Balaban J connectivity index is 1.68. The summed E-state index contributed by atoms with van der Waals surface area (Å²) >= 11 is 0. The number of rotatable bonds is 3. The number of cyclic esters (lactones) is 1. The molecule has 1 fully saturated rings. The van der Waals surface area contributed by atoms with E-state index in [1.165, 1.54) is 12.3 Å². The molecule has 1 saturated heterocycles. The fourth-order valence-electron chi connectivity index (χ4n) is 4.51. The maximum Gasteiger partial charge on any atom is 0.430 e. The number of ether oxygens (including phenoxy) is 1. The quantitative estimate of drug-likeness (QED) is 0.613. The Bertz CT molecular complexity index is 1270. The smallest absolute Gasteiger partial charge is 0.430 e. The lowest BCUT2D eigenvalue weighted by Gasteiger charge is -2.31. The molecule has 8 nitrogen and oxygen atoms in total. The molecule has 11 heteroatoms. The number of nitrogens with one attached hydrogen (secondary N) is 2. The summed E-state index contributed by atoms with van der Waals surface area (Å²) in [5.74, 6) is -0.212. The molecular weight excluding hydrogens is 437 g/mol. The van der Waals surface area contributed by atoms with Crippen molar-refractivity contribution in [3.8, 4) is 17.3 Å². The molecule has 5 rings (SSSR count). The summed E-state index contributed by atoms with van der Waals surface area (Å²) in [6, 6.07) is 11.1. The van der Waals surface area contributed by atoms with E-state index in [2.05, 4.69) is 31.5 Å². The van der Waals surface area contributed by atoms with Gasteiger partial charge in [0.25, 0.3) is 0 Å². The highest BCUT2D eigenvalue weighted by Gasteiger charge is 2.49. The lowest BCUT2D eigenvalue weighted by molar-refractivity contribution is -0.206. The van der Waals surface area contributed by atoms with Crippen molar-refractivity contribution in [2.45, 2.75) is 31.7 Å². The number of nitrogens with zero attached hydrogens (tertiary/aromatic N) is 4. The van der Waals surface area contributed by atoms with Crippen LogP contribution in [0.1, 0.15) is 24.5 Å². The van der Waals surface area contributed by atoms with Crippen molar-refractivity contribution in [3.05, 3.63) is 42.1 Å². The fraction of sp³-hybridized carbons (Fsp3) is 0.364. The number of hydrogen-bond donors (Lipinski definition) is 2. The fourth-order valence-corrected chi connectivity index (χ4v) is 4.51. The van der Waals surface area contributed by atoms with E-state index in [9.17, 15) is 23.2 Å². The summed E-state index contributed by atoms with van der Waals surface area (Å²) in [5, 5.41) is 20.7. The summed E-state index contributed by atoms with van der Waals surface area (Å²) in [6.07, 6.45) is -5.90. The van der Waals surface area contributed by atoms with Crippen LogP contribution in [0.5, 0.6) is 0 Å². The van der Waals surface area contributed by atoms with Gasteiger partial charge in [-0.2, -0.15) is 23.5 Å². The van der Waals surface area contributed by atoms with Crippen LogP contribution in [0.15, 0.2) is 36.5 Å². The molecule has 2 aliphatic rings. The molecule has 1 atom stereocenters. The van der Waals surface area contributed by atoms with Crippen molar-refractivity contribution < 1.29 is 22.7 Å². The Morgan fingerprint density at radius 3 is 2.73 bits per heavy atom. The number of alkyl halides is 3. The minimum Gasteiger partial charge on any atom is -0.431 e. The van der Waals surface area contributed by atoms with Crippen molar-refractivity contribution in [1.82, 2.24) is 20.1 Å². The monoisotopic (exact) mass is 456 g/mol. The molecule has 3 aromatic rings. The number of halogens is 3. The SMILES string of the molecule is N#CC1(Cn2nc(-c3ccnc4c3[C@H](C(F)(F)F)OC(=O)N4)c3ccccc32)CCNCC1. The van der Waals surface area contributed by atoms with Crippen molar-refractivity contribution in [1.29, 1.82) is 5.26 Å². The first-order valence-corrected chi connectivity index (χ1v) is 10.4. The van der Waals surface area contributed by atoms with E-state index < -0.39 is 23.8 Å². The molecule has 33 heavy (non-hydrogen) atoms. The number of piperidine rings is 1. The van der Waals surface area contributed by atoms with Crippen LogP contribution in [0.2, 0.25) is 0 Å². The molecule has 0 aliphatic carbocycles. The highest BCUT2D eigenvalue weighted by Crippen LogP contribution is 2.46. The maximum absolute atomic E-state index is 13.8. The van der Waals surface area contributed by atoms with Gasteiger partial charge in [-0.05, 0) is 38.1 Å². The highest BCUT2D eigenvalue weighted by molar-refractivity contribution is 5.97. The van der Waals surface area contributed by atoms with Gasteiger partial charge in [0.05, 0.1) is 29.1 Å². The van der Waals surface area contributed by atoms with Crippen LogP contribution in [0.4, 0.5) is 23.8 Å². The lowest BCUT2D eigenvalue weighted by atomic mass is 9.80. The predicted molar refractivity (Wildman–Crippen MR) is 112 cm³/mol. The minimum absolute atomic E-state index is 0.161. The minimum atomic E-state index is -4.83. The van der Waals surface area contributed by atoms with E-state index in [1.54, 1.807) is 16.8 Å². The number of hydrogen-bond acceptors (Lipinski definition) is 6. The number of carbonyl (C=O) groups is 1. The zero-order valence-electron chi connectivity index (χ0n) is 17.3. The molecular formula is C22H19F3N6O2. The van der Waals surface area contributed by atoms with Gasteiger partial charge in [-0.1, -0.05) is 18.2 Å². The van der Waals surface area contributed by atoms with Gasteiger partial charge < -0.3 is 10.1 Å². The largest absolute Gasteiger partial charge is 0.431 e. The molecule has 0 saturated carbocycles. The zero-order chi connectivity index (χ0) is 23.2. The molecule has 4 heterocycles. The Kier molecular flexibility index (Phi) is 4.97. The Hall–Kier alpha value is -3.65.